The lowest BCUT2D eigenvalue weighted by Crippen LogP contribution is -2.54. The number of carbonyl (C=O) groups is 4. The largest absolute Gasteiger partial charge is 0.325 e. The smallest absolute Gasteiger partial charge is 0.313 e. The van der Waals surface area contributed by atoms with Crippen LogP contribution in [0.2, 0.25) is 0 Å². The van der Waals surface area contributed by atoms with E-state index in [1.165, 1.54) is 36.2 Å². The second-order valence-corrected chi connectivity index (χ2v) is 10.2. The minimum Gasteiger partial charge on any atom is -0.325 e. The fourth-order valence-corrected chi connectivity index (χ4v) is 5.47. The minimum absolute atomic E-state index is 0.0234. The first-order chi connectivity index (χ1) is 20.0. The third-order valence-corrected chi connectivity index (χ3v) is 7.70. The normalized spacial score (nSPS) is 19.5. The molecule has 0 bridgehead atoms. The Hall–Kier alpha value is -5.18. The van der Waals surface area contributed by atoms with Gasteiger partial charge in [-0.3, -0.25) is 19.2 Å². The maximum atomic E-state index is 14.1. The Bertz CT molecular complexity index is 1640. The molecule has 2 aliphatic heterocycles. The van der Waals surface area contributed by atoms with Crippen LogP contribution in [0.25, 0.3) is 0 Å². The Balaban J connectivity index is 1.44. The van der Waals surface area contributed by atoms with Gasteiger partial charge in [-0.25, -0.2) is 13.2 Å². The summed E-state index contributed by atoms with van der Waals surface area (Å²) in [6.45, 7) is -0.143. The van der Waals surface area contributed by atoms with Gasteiger partial charge < -0.3 is 20.4 Å². The zero-order valence-corrected chi connectivity index (χ0v) is 22.2. The molecule has 42 heavy (non-hydrogen) atoms. The molecule has 1 saturated heterocycles. The van der Waals surface area contributed by atoms with Gasteiger partial charge in [0.2, 0.25) is 11.8 Å². The molecule has 3 aromatic rings. The molecule has 5 rings (SSSR count). The van der Waals surface area contributed by atoms with Crippen LogP contribution in [0.3, 0.4) is 0 Å². The van der Waals surface area contributed by atoms with E-state index in [4.69, 9.17) is 0 Å². The van der Waals surface area contributed by atoms with Crippen molar-refractivity contribution in [3.8, 4) is 6.07 Å². The van der Waals surface area contributed by atoms with Gasteiger partial charge in [0.15, 0.2) is 11.6 Å². The van der Waals surface area contributed by atoms with Gasteiger partial charge in [0.1, 0.15) is 17.9 Å². The van der Waals surface area contributed by atoms with Crippen molar-refractivity contribution in [2.75, 3.05) is 24.2 Å². The molecule has 9 nitrogen and oxygen atoms in total. The highest BCUT2D eigenvalue weighted by Gasteiger charge is 2.56. The van der Waals surface area contributed by atoms with E-state index < -0.39 is 52.7 Å². The van der Waals surface area contributed by atoms with Crippen LogP contribution in [0.1, 0.15) is 17.5 Å². The molecule has 0 aromatic heterocycles. The van der Waals surface area contributed by atoms with Crippen LogP contribution < -0.4 is 10.6 Å². The summed E-state index contributed by atoms with van der Waals surface area (Å²) in [4.78, 5) is 55.4. The van der Waals surface area contributed by atoms with Gasteiger partial charge in [0.05, 0.1) is 11.5 Å². The summed E-state index contributed by atoms with van der Waals surface area (Å²) in [7, 11) is 1.21. The molecule has 0 radical (unpaired) electrons. The van der Waals surface area contributed by atoms with E-state index in [9.17, 15) is 37.6 Å². The minimum atomic E-state index is -1.34. The van der Waals surface area contributed by atoms with Crippen molar-refractivity contribution in [2.24, 2.45) is 0 Å². The monoisotopic (exact) mass is 575 g/mol. The summed E-state index contributed by atoms with van der Waals surface area (Å²) in [6.07, 6.45) is -0.125. The lowest BCUT2D eigenvalue weighted by molar-refractivity contribution is -0.149. The average molecular weight is 576 g/mol. The number of anilines is 2. The average Bonchev–Trinajstić information content (AvgIpc) is 3.51. The number of likely N-dealkylation sites (N-methyl/N-ethyl adjacent to an activating group) is 1. The number of likely N-dealkylation sites (tertiary alicyclic amines) is 1. The number of amides is 4. The summed E-state index contributed by atoms with van der Waals surface area (Å²) < 4.78 is 40.5. The fraction of sp³-hybridized carbons (Fsp3) is 0.233. The molecule has 2 N–H and O–H groups in total. The van der Waals surface area contributed by atoms with E-state index in [1.54, 1.807) is 24.3 Å². The Morgan fingerprint density at radius 2 is 1.81 bits per heavy atom. The number of para-hydroxylation sites is 1. The van der Waals surface area contributed by atoms with Crippen LogP contribution in [0.5, 0.6) is 0 Å². The molecule has 4 amide bonds. The zero-order valence-electron chi connectivity index (χ0n) is 22.2. The van der Waals surface area contributed by atoms with Crippen LogP contribution >= 0.6 is 0 Å². The van der Waals surface area contributed by atoms with E-state index in [0.29, 0.717) is 22.9 Å². The van der Waals surface area contributed by atoms with Crippen LogP contribution in [0.15, 0.2) is 66.7 Å². The Morgan fingerprint density at radius 3 is 2.50 bits per heavy atom. The lowest BCUT2D eigenvalue weighted by atomic mass is 9.80. The molecule has 214 valence electrons. The lowest BCUT2D eigenvalue weighted by Gasteiger charge is -2.32. The second kappa shape index (κ2) is 11.0. The summed E-state index contributed by atoms with van der Waals surface area (Å²) in [5.41, 5.74) is 0.328. The van der Waals surface area contributed by atoms with Crippen molar-refractivity contribution in [2.45, 2.75) is 30.3 Å². The number of hydrogen-bond donors (Lipinski definition) is 2. The van der Waals surface area contributed by atoms with Crippen LogP contribution in [-0.4, -0.2) is 59.1 Å². The van der Waals surface area contributed by atoms with Crippen LogP contribution in [0.4, 0.5) is 24.5 Å². The van der Waals surface area contributed by atoms with Gasteiger partial charge in [-0.05, 0) is 41.5 Å². The van der Waals surface area contributed by atoms with Gasteiger partial charge in [0.25, 0.3) is 0 Å². The maximum Gasteiger partial charge on any atom is 0.313 e. The molecule has 0 aliphatic carbocycles. The fourth-order valence-electron chi connectivity index (χ4n) is 5.47. The number of nitriles is 1. The first-order valence-electron chi connectivity index (χ1n) is 12.9. The number of benzene rings is 3. The van der Waals surface area contributed by atoms with E-state index >= 15 is 0 Å². The van der Waals surface area contributed by atoms with Crippen molar-refractivity contribution < 1.29 is 32.3 Å². The molecule has 3 aromatic carbocycles. The third-order valence-electron chi connectivity index (χ3n) is 7.70. The van der Waals surface area contributed by atoms with Crippen molar-refractivity contribution in [3.05, 3.63) is 95.3 Å². The summed E-state index contributed by atoms with van der Waals surface area (Å²) in [5.74, 6) is -6.35. The highest BCUT2D eigenvalue weighted by molar-refractivity contribution is 6.39. The Kier molecular flexibility index (Phi) is 7.43. The number of fused-ring (bicyclic) bond motifs is 2. The van der Waals surface area contributed by atoms with Gasteiger partial charge in [-0.1, -0.05) is 30.3 Å². The van der Waals surface area contributed by atoms with Gasteiger partial charge in [0, 0.05) is 43.9 Å². The highest BCUT2D eigenvalue weighted by atomic mass is 19.2. The predicted octanol–water partition coefficient (Wildman–Crippen LogP) is 3.13. The second-order valence-electron chi connectivity index (χ2n) is 10.2. The maximum absolute atomic E-state index is 14.1. The molecule has 2 aliphatic rings. The quantitative estimate of drug-likeness (QED) is 0.453. The van der Waals surface area contributed by atoms with Crippen LogP contribution in [0, 0.1) is 28.8 Å². The zero-order chi connectivity index (χ0) is 30.2. The number of halogens is 3. The van der Waals surface area contributed by atoms with E-state index in [1.807, 2.05) is 0 Å². The predicted molar refractivity (Wildman–Crippen MR) is 144 cm³/mol. The number of nitrogens with zero attached hydrogens (tertiary/aromatic N) is 3. The number of nitrogens with one attached hydrogen (secondary N) is 2. The molecule has 1 fully saturated rings. The van der Waals surface area contributed by atoms with Gasteiger partial charge in [-0.2, -0.15) is 5.26 Å². The van der Waals surface area contributed by atoms with Crippen molar-refractivity contribution in [3.63, 3.8) is 0 Å². The molecule has 0 unspecified atom stereocenters. The van der Waals surface area contributed by atoms with E-state index in [2.05, 4.69) is 16.7 Å². The Morgan fingerprint density at radius 1 is 1.10 bits per heavy atom. The first kappa shape index (κ1) is 28.4. The standard InChI is InChI=1S/C30H24F3N5O4/c1-37(28(41)26(39)35-19-10-11-22(32)23(33)13-19)25(12-17-6-8-18(31)9-7-17)27(40)38-16-30(14-20(38)15-34)21-4-2-3-5-24(21)36-29(30)42/h2-11,13,20,25H,12,14,16H2,1H3,(H,35,39)(H,36,42)/t20-,25-,30-/m0/s1. The Labute approximate surface area is 238 Å². The van der Waals surface area contributed by atoms with Crippen molar-refractivity contribution in [1.82, 2.24) is 9.80 Å². The molecule has 12 heteroatoms. The molecule has 2 heterocycles. The van der Waals surface area contributed by atoms with E-state index in [0.717, 1.165) is 17.0 Å². The number of carbonyl (C=O) groups excluding carboxylic acids is 4. The molecular formula is C30H24F3N5O4. The van der Waals surface area contributed by atoms with Crippen molar-refractivity contribution in [1.29, 1.82) is 5.26 Å². The topological polar surface area (TPSA) is 123 Å². The third kappa shape index (κ3) is 5.05. The highest BCUT2D eigenvalue weighted by Crippen LogP contribution is 2.46. The van der Waals surface area contributed by atoms with Crippen LogP contribution in [-0.2, 0) is 31.0 Å². The summed E-state index contributed by atoms with van der Waals surface area (Å²) in [5, 5.41) is 15.0. The first-order valence-corrected chi connectivity index (χ1v) is 12.9. The number of hydrogen-bond acceptors (Lipinski definition) is 5. The van der Waals surface area contributed by atoms with Gasteiger partial charge >= 0.3 is 11.8 Å². The SMILES string of the molecule is CN(C(=O)C(=O)Nc1ccc(F)c(F)c1)[C@@H](Cc1ccc(F)cc1)C(=O)N1C[C@]2(C[C@H]1C#N)C(=O)Nc1ccccc12. The summed E-state index contributed by atoms with van der Waals surface area (Å²) >= 11 is 0. The van der Waals surface area contributed by atoms with Crippen molar-refractivity contribution >= 4 is 35.0 Å². The molecule has 3 atom stereocenters. The molecule has 0 saturated carbocycles. The summed E-state index contributed by atoms with van der Waals surface area (Å²) in [6, 6.07) is 14.4. The van der Waals surface area contributed by atoms with E-state index in [-0.39, 0.29) is 31.0 Å². The molecular weight excluding hydrogens is 551 g/mol. The van der Waals surface area contributed by atoms with Gasteiger partial charge in [-0.15, -0.1) is 0 Å². The molecule has 1 spiro atoms. The number of rotatable bonds is 5.